The quantitative estimate of drug-likeness (QED) is 0.843. The van der Waals surface area contributed by atoms with Gasteiger partial charge >= 0.3 is 0 Å². The van der Waals surface area contributed by atoms with Crippen LogP contribution in [0.1, 0.15) is 27.2 Å². The lowest BCUT2D eigenvalue weighted by molar-refractivity contribution is 0.547. The molecule has 0 saturated heterocycles. The summed E-state index contributed by atoms with van der Waals surface area (Å²) in [6.07, 6.45) is 1.11. The van der Waals surface area contributed by atoms with E-state index in [1.54, 1.807) is 0 Å². The number of rotatable bonds is 3. The molecule has 1 nitrogen and oxygen atoms in total. The minimum Gasteiger partial charge on any atom is -0.379 e. The lowest BCUT2D eigenvalue weighted by Gasteiger charge is -2.26. The Kier molecular flexibility index (Phi) is 3.37. The third-order valence-corrected chi connectivity index (χ3v) is 2.92. The minimum atomic E-state index is 0.157. The smallest absolute Gasteiger partial charge is 0.0488 e. The molecule has 1 aromatic rings. The van der Waals surface area contributed by atoms with Gasteiger partial charge in [0.05, 0.1) is 0 Å². The highest BCUT2D eigenvalue weighted by Gasteiger charge is 2.14. The summed E-state index contributed by atoms with van der Waals surface area (Å²) in [4.78, 5) is 0. The average Bonchev–Trinajstić information content (AvgIpc) is 2.09. The van der Waals surface area contributed by atoms with E-state index in [9.17, 15) is 0 Å². The van der Waals surface area contributed by atoms with Crippen LogP contribution in [0.3, 0.4) is 0 Å². The van der Waals surface area contributed by atoms with Crippen molar-refractivity contribution in [3.05, 3.63) is 28.7 Å². The Hall–Kier alpha value is -0.500. The number of hydrogen-bond donors (Lipinski definition) is 1. The van der Waals surface area contributed by atoms with Crippen LogP contribution in [0.2, 0.25) is 0 Å². The summed E-state index contributed by atoms with van der Waals surface area (Å²) in [5.74, 6) is 0. The van der Waals surface area contributed by atoms with E-state index >= 15 is 0 Å². The van der Waals surface area contributed by atoms with Crippen molar-refractivity contribution < 1.29 is 0 Å². The van der Waals surface area contributed by atoms with Crippen molar-refractivity contribution in [3.63, 3.8) is 0 Å². The fraction of sp³-hybridized carbons (Fsp3) is 0.455. The molecule has 0 heterocycles. The first-order valence-corrected chi connectivity index (χ1v) is 5.37. The summed E-state index contributed by atoms with van der Waals surface area (Å²) in [7, 11) is 0. The Balaban J connectivity index is 2.80. The predicted octanol–water partition coefficient (Wildman–Crippen LogP) is 4.05. The molecule has 0 atom stereocenters. The summed E-state index contributed by atoms with van der Waals surface area (Å²) in [5, 5.41) is 3.49. The topological polar surface area (TPSA) is 12.0 Å². The zero-order valence-electron chi connectivity index (χ0n) is 8.39. The number of anilines is 1. The maximum absolute atomic E-state index is 3.52. The van der Waals surface area contributed by atoms with E-state index in [0.717, 1.165) is 16.6 Å². The maximum atomic E-state index is 3.52. The Bertz CT molecular complexity index is 281. The van der Waals surface area contributed by atoms with E-state index < -0.39 is 0 Å². The van der Waals surface area contributed by atoms with E-state index in [1.807, 2.05) is 18.2 Å². The van der Waals surface area contributed by atoms with Crippen LogP contribution in [-0.2, 0) is 0 Å². The van der Waals surface area contributed by atoms with Crippen LogP contribution < -0.4 is 5.32 Å². The number of hydrogen-bond acceptors (Lipinski definition) is 1. The summed E-state index contributed by atoms with van der Waals surface area (Å²) in [6, 6.07) is 8.20. The van der Waals surface area contributed by atoms with Gasteiger partial charge in [-0.2, -0.15) is 0 Å². The van der Waals surface area contributed by atoms with Crippen LogP contribution in [0.15, 0.2) is 28.7 Å². The minimum absolute atomic E-state index is 0.157. The third kappa shape index (κ3) is 3.03. The Morgan fingerprint density at radius 1 is 1.31 bits per heavy atom. The highest BCUT2D eigenvalue weighted by atomic mass is 79.9. The van der Waals surface area contributed by atoms with Crippen molar-refractivity contribution in [1.29, 1.82) is 0 Å². The van der Waals surface area contributed by atoms with Crippen LogP contribution >= 0.6 is 15.9 Å². The van der Waals surface area contributed by atoms with Crippen LogP contribution in [0.25, 0.3) is 0 Å². The van der Waals surface area contributed by atoms with Crippen LogP contribution in [0.5, 0.6) is 0 Å². The number of para-hydroxylation sites is 1. The van der Waals surface area contributed by atoms with E-state index in [1.165, 1.54) is 0 Å². The Morgan fingerprint density at radius 3 is 2.46 bits per heavy atom. The fourth-order valence-electron chi connectivity index (χ4n) is 1.02. The Morgan fingerprint density at radius 2 is 1.92 bits per heavy atom. The second-order valence-electron chi connectivity index (χ2n) is 3.84. The van der Waals surface area contributed by atoms with Crippen LogP contribution in [0, 0.1) is 0 Å². The summed E-state index contributed by atoms with van der Waals surface area (Å²) in [5.41, 5.74) is 1.32. The third-order valence-electron chi connectivity index (χ3n) is 2.23. The highest BCUT2D eigenvalue weighted by molar-refractivity contribution is 9.10. The van der Waals surface area contributed by atoms with Gasteiger partial charge in [-0.25, -0.2) is 0 Å². The average molecular weight is 242 g/mol. The summed E-state index contributed by atoms with van der Waals surface area (Å²) < 4.78 is 1.12. The Labute approximate surface area is 88.7 Å². The molecule has 0 aromatic heterocycles. The largest absolute Gasteiger partial charge is 0.379 e. The van der Waals surface area contributed by atoms with Gasteiger partial charge in [-0.3, -0.25) is 0 Å². The molecule has 1 rings (SSSR count). The predicted molar refractivity (Wildman–Crippen MR) is 62.1 cm³/mol. The number of benzene rings is 1. The van der Waals surface area contributed by atoms with Gasteiger partial charge in [0.25, 0.3) is 0 Å². The molecule has 1 aromatic carbocycles. The molecule has 72 valence electrons. The first-order valence-electron chi connectivity index (χ1n) is 4.58. The zero-order valence-corrected chi connectivity index (χ0v) is 9.98. The van der Waals surface area contributed by atoms with Gasteiger partial charge in [-0.05, 0) is 48.3 Å². The molecule has 0 unspecified atom stereocenters. The van der Waals surface area contributed by atoms with Gasteiger partial charge in [0.1, 0.15) is 0 Å². The SMILES string of the molecule is CCC(C)(C)Nc1ccccc1Br. The van der Waals surface area contributed by atoms with Crippen molar-refractivity contribution in [1.82, 2.24) is 0 Å². The normalized spacial score (nSPS) is 11.4. The van der Waals surface area contributed by atoms with E-state index in [2.05, 4.69) is 48.1 Å². The van der Waals surface area contributed by atoms with E-state index in [0.29, 0.717) is 0 Å². The molecule has 0 aliphatic carbocycles. The molecular formula is C11H16BrN. The van der Waals surface area contributed by atoms with Crippen molar-refractivity contribution in [2.45, 2.75) is 32.7 Å². The molecule has 2 heteroatoms. The molecule has 0 spiro atoms. The molecule has 0 aliphatic rings. The monoisotopic (exact) mass is 241 g/mol. The van der Waals surface area contributed by atoms with Gasteiger partial charge in [0, 0.05) is 15.7 Å². The molecule has 0 fully saturated rings. The van der Waals surface area contributed by atoms with Crippen LogP contribution in [-0.4, -0.2) is 5.54 Å². The fourth-order valence-corrected chi connectivity index (χ4v) is 1.40. The first-order chi connectivity index (χ1) is 6.05. The van der Waals surface area contributed by atoms with Gasteiger partial charge < -0.3 is 5.32 Å². The van der Waals surface area contributed by atoms with Gasteiger partial charge in [0.2, 0.25) is 0 Å². The van der Waals surface area contributed by atoms with Crippen molar-refractivity contribution >= 4 is 21.6 Å². The van der Waals surface area contributed by atoms with Gasteiger partial charge in [-0.1, -0.05) is 19.1 Å². The summed E-state index contributed by atoms with van der Waals surface area (Å²) >= 11 is 3.52. The van der Waals surface area contributed by atoms with Crippen molar-refractivity contribution in [2.75, 3.05) is 5.32 Å². The number of nitrogens with one attached hydrogen (secondary N) is 1. The molecular weight excluding hydrogens is 226 g/mol. The molecule has 1 N–H and O–H groups in total. The van der Waals surface area contributed by atoms with Gasteiger partial charge in [0.15, 0.2) is 0 Å². The molecule has 0 radical (unpaired) electrons. The standard InChI is InChI=1S/C11H16BrN/c1-4-11(2,3)13-10-8-6-5-7-9(10)12/h5-8,13H,4H2,1-3H3. The second kappa shape index (κ2) is 4.14. The second-order valence-corrected chi connectivity index (χ2v) is 4.70. The van der Waals surface area contributed by atoms with E-state index in [-0.39, 0.29) is 5.54 Å². The molecule has 0 amide bonds. The molecule has 0 aliphatic heterocycles. The molecule has 0 bridgehead atoms. The lowest BCUT2D eigenvalue weighted by Crippen LogP contribution is -2.29. The van der Waals surface area contributed by atoms with Crippen molar-refractivity contribution in [2.24, 2.45) is 0 Å². The summed E-state index contributed by atoms with van der Waals surface area (Å²) in [6.45, 7) is 6.59. The van der Waals surface area contributed by atoms with Crippen molar-refractivity contribution in [3.8, 4) is 0 Å². The first kappa shape index (κ1) is 10.6. The van der Waals surface area contributed by atoms with E-state index in [4.69, 9.17) is 0 Å². The maximum Gasteiger partial charge on any atom is 0.0488 e. The molecule has 13 heavy (non-hydrogen) atoms. The zero-order chi connectivity index (χ0) is 9.90. The molecule has 0 saturated carbocycles. The number of halogens is 1. The lowest BCUT2D eigenvalue weighted by atomic mass is 10.0. The highest BCUT2D eigenvalue weighted by Crippen LogP contribution is 2.25. The van der Waals surface area contributed by atoms with Gasteiger partial charge in [-0.15, -0.1) is 0 Å². The van der Waals surface area contributed by atoms with Crippen LogP contribution in [0.4, 0.5) is 5.69 Å².